The number of rotatable bonds is 4. The Balaban J connectivity index is 1.77. The van der Waals surface area contributed by atoms with E-state index in [0.29, 0.717) is 23.7 Å². The molecule has 0 radical (unpaired) electrons. The molecule has 0 bridgehead atoms. The van der Waals surface area contributed by atoms with Crippen LogP contribution in [0.5, 0.6) is 0 Å². The molecule has 1 aromatic carbocycles. The van der Waals surface area contributed by atoms with Crippen LogP contribution in [0.2, 0.25) is 0 Å². The van der Waals surface area contributed by atoms with E-state index in [1.165, 1.54) is 12.1 Å². The van der Waals surface area contributed by atoms with Crippen LogP contribution in [0, 0.1) is 0 Å². The molecule has 2 aromatic rings. The van der Waals surface area contributed by atoms with Gasteiger partial charge in [-0.1, -0.05) is 0 Å². The first kappa shape index (κ1) is 13.8. The summed E-state index contributed by atoms with van der Waals surface area (Å²) in [6.07, 6.45) is 0. The Morgan fingerprint density at radius 2 is 2.05 bits per heavy atom. The Bertz CT molecular complexity index is 647. The SMILES string of the molecule is O=C(O)c1ccc2nc(N3CCN(CCO)CC3)oc2c1. The van der Waals surface area contributed by atoms with Gasteiger partial charge >= 0.3 is 5.97 Å². The second-order valence-corrected chi connectivity index (χ2v) is 5.04. The number of hydrogen-bond acceptors (Lipinski definition) is 6. The Hall–Kier alpha value is -2.12. The van der Waals surface area contributed by atoms with Crippen molar-refractivity contribution in [1.29, 1.82) is 0 Å². The molecule has 0 aliphatic carbocycles. The van der Waals surface area contributed by atoms with E-state index in [4.69, 9.17) is 14.6 Å². The molecule has 1 fully saturated rings. The zero-order valence-corrected chi connectivity index (χ0v) is 11.5. The molecule has 21 heavy (non-hydrogen) atoms. The van der Waals surface area contributed by atoms with Crippen LogP contribution in [0.25, 0.3) is 11.1 Å². The van der Waals surface area contributed by atoms with Gasteiger partial charge in [0.1, 0.15) is 5.52 Å². The molecule has 1 aromatic heterocycles. The highest BCUT2D eigenvalue weighted by Gasteiger charge is 2.21. The van der Waals surface area contributed by atoms with E-state index in [0.717, 1.165) is 26.2 Å². The van der Waals surface area contributed by atoms with Crippen molar-refractivity contribution in [2.75, 3.05) is 44.2 Å². The number of carboxylic acid groups (broad SMARTS) is 1. The maximum Gasteiger partial charge on any atom is 0.335 e. The van der Waals surface area contributed by atoms with Crippen molar-refractivity contribution in [1.82, 2.24) is 9.88 Å². The summed E-state index contributed by atoms with van der Waals surface area (Å²) in [5, 5.41) is 17.9. The first-order valence-electron chi connectivity index (χ1n) is 6.89. The number of fused-ring (bicyclic) bond motifs is 1. The lowest BCUT2D eigenvalue weighted by molar-refractivity contribution is 0.0697. The minimum Gasteiger partial charge on any atom is -0.478 e. The van der Waals surface area contributed by atoms with Crippen LogP contribution < -0.4 is 4.90 Å². The van der Waals surface area contributed by atoms with Gasteiger partial charge in [0.05, 0.1) is 12.2 Å². The summed E-state index contributed by atoms with van der Waals surface area (Å²) in [6, 6.07) is 5.20. The first-order valence-corrected chi connectivity index (χ1v) is 6.89. The summed E-state index contributed by atoms with van der Waals surface area (Å²) in [4.78, 5) is 19.6. The van der Waals surface area contributed by atoms with Crippen LogP contribution >= 0.6 is 0 Å². The fourth-order valence-electron chi connectivity index (χ4n) is 2.48. The van der Waals surface area contributed by atoms with Crippen molar-refractivity contribution in [3.05, 3.63) is 23.8 Å². The molecule has 1 saturated heterocycles. The number of aliphatic hydroxyl groups is 1. The zero-order chi connectivity index (χ0) is 14.8. The van der Waals surface area contributed by atoms with Gasteiger partial charge in [0.2, 0.25) is 0 Å². The van der Waals surface area contributed by atoms with E-state index in [9.17, 15) is 4.79 Å². The molecule has 7 heteroatoms. The van der Waals surface area contributed by atoms with Crippen LogP contribution in [0.1, 0.15) is 10.4 Å². The second-order valence-electron chi connectivity index (χ2n) is 5.04. The van der Waals surface area contributed by atoms with E-state index in [2.05, 4.69) is 9.88 Å². The first-order chi connectivity index (χ1) is 10.2. The van der Waals surface area contributed by atoms with Gasteiger partial charge < -0.3 is 19.5 Å². The molecular weight excluding hydrogens is 274 g/mol. The summed E-state index contributed by atoms with van der Waals surface area (Å²) in [7, 11) is 0. The maximum atomic E-state index is 11.0. The summed E-state index contributed by atoms with van der Waals surface area (Å²) in [5.74, 6) is -0.979. The number of aromatic nitrogens is 1. The van der Waals surface area contributed by atoms with Crippen molar-refractivity contribution in [3.8, 4) is 0 Å². The van der Waals surface area contributed by atoms with Gasteiger partial charge in [-0.3, -0.25) is 4.90 Å². The van der Waals surface area contributed by atoms with Gasteiger partial charge in [-0.05, 0) is 18.2 Å². The number of piperazine rings is 1. The summed E-state index contributed by atoms with van der Waals surface area (Å²) >= 11 is 0. The van der Waals surface area contributed by atoms with E-state index in [1.54, 1.807) is 6.07 Å². The van der Waals surface area contributed by atoms with Crippen LogP contribution in [-0.2, 0) is 0 Å². The molecule has 0 amide bonds. The van der Waals surface area contributed by atoms with Crippen LogP contribution in [0.4, 0.5) is 6.01 Å². The highest BCUT2D eigenvalue weighted by molar-refractivity contribution is 5.92. The fourth-order valence-corrected chi connectivity index (χ4v) is 2.48. The Morgan fingerprint density at radius 1 is 1.29 bits per heavy atom. The molecular formula is C14H17N3O4. The topological polar surface area (TPSA) is 90.0 Å². The van der Waals surface area contributed by atoms with Crippen LogP contribution in [0.15, 0.2) is 22.6 Å². The number of aliphatic hydroxyl groups excluding tert-OH is 1. The minimum absolute atomic E-state index is 0.168. The Morgan fingerprint density at radius 3 is 2.71 bits per heavy atom. The quantitative estimate of drug-likeness (QED) is 0.854. The fraction of sp³-hybridized carbons (Fsp3) is 0.429. The predicted molar refractivity (Wildman–Crippen MR) is 76.7 cm³/mol. The molecule has 1 aliphatic rings. The lowest BCUT2D eigenvalue weighted by atomic mass is 10.2. The van der Waals surface area contributed by atoms with Crippen molar-refractivity contribution < 1.29 is 19.4 Å². The normalized spacial score (nSPS) is 16.5. The Labute approximate surface area is 121 Å². The lowest BCUT2D eigenvalue weighted by Gasteiger charge is -2.33. The van der Waals surface area contributed by atoms with Gasteiger partial charge in [0, 0.05) is 32.7 Å². The third-order valence-electron chi connectivity index (χ3n) is 3.68. The standard InChI is InChI=1S/C14H17N3O4/c18-8-7-16-3-5-17(6-4-16)14-15-11-2-1-10(13(19)20)9-12(11)21-14/h1-2,9,18H,3-8H2,(H,19,20). The summed E-state index contributed by atoms with van der Waals surface area (Å²) in [5.41, 5.74) is 1.34. The van der Waals surface area contributed by atoms with Gasteiger partial charge in [-0.25, -0.2) is 4.79 Å². The number of benzene rings is 1. The smallest absolute Gasteiger partial charge is 0.335 e. The number of β-amino-alcohol motifs (C(OH)–C–C–N with tert-alkyl or cyclic N) is 1. The number of oxazole rings is 1. The number of aromatic carboxylic acids is 1. The highest BCUT2D eigenvalue weighted by Crippen LogP contribution is 2.23. The molecule has 1 aliphatic heterocycles. The van der Waals surface area contributed by atoms with Crippen LogP contribution in [0.3, 0.4) is 0 Å². The number of carboxylic acids is 1. The number of nitrogens with zero attached hydrogens (tertiary/aromatic N) is 3. The Kier molecular flexibility index (Phi) is 3.76. The third kappa shape index (κ3) is 2.84. The minimum atomic E-state index is -0.979. The van der Waals surface area contributed by atoms with Crippen molar-refractivity contribution in [2.24, 2.45) is 0 Å². The molecule has 0 unspecified atom stereocenters. The molecule has 7 nitrogen and oxygen atoms in total. The van der Waals surface area contributed by atoms with Gasteiger partial charge in [-0.2, -0.15) is 4.98 Å². The summed E-state index contributed by atoms with van der Waals surface area (Å²) < 4.78 is 5.68. The number of hydrogen-bond donors (Lipinski definition) is 2. The van der Waals surface area contributed by atoms with Gasteiger partial charge in [0.25, 0.3) is 6.01 Å². The van der Waals surface area contributed by atoms with E-state index < -0.39 is 5.97 Å². The largest absolute Gasteiger partial charge is 0.478 e. The number of anilines is 1. The highest BCUT2D eigenvalue weighted by atomic mass is 16.4. The monoisotopic (exact) mass is 291 g/mol. The average molecular weight is 291 g/mol. The van der Waals surface area contributed by atoms with Crippen molar-refractivity contribution in [2.45, 2.75) is 0 Å². The molecule has 0 atom stereocenters. The average Bonchev–Trinajstić information content (AvgIpc) is 2.91. The molecule has 2 N–H and O–H groups in total. The predicted octanol–water partition coefficient (Wildman–Crippen LogP) is 0.640. The van der Waals surface area contributed by atoms with Crippen molar-refractivity contribution in [3.63, 3.8) is 0 Å². The van der Waals surface area contributed by atoms with E-state index in [-0.39, 0.29) is 12.2 Å². The molecule has 0 saturated carbocycles. The maximum absolute atomic E-state index is 11.0. The van der Waals surface area contributed by atoms with Gasteiger partial charge in [0.15, 0.2) is 5.58 Å². The van der Waals surface area contributed by atoms with Crippen LogP contribution in [-0.4, -0.2) is 65.4 Å². The molecule has 2 heterocycles. The second kappa shape index (κ2) is 5.71. The third-order valence-corrected chi connectivity index (χ3v) is 3.68. The molecule has 3 rings (SSSR count). The summed E-state index contributed by atoms with van der Waals surface area (Å²) in [6.45, 7) is 4.10. The zero-order valence-electron chi connectivity index (χ0n) is 11.5. The van der Waals surface area contributed by atoms with E-state index in [1.807, 2.05) is 4.90 Å². The van der Waals surface area contributed by atoms with E-state index >= 15 is 0 Å². The molecule has 0 spiro atoms. The van der Waals surface area contributed by atoms with Crippen molar-refractivity contribution >= 4 is 23.1 Å². The lowest BCUT2D eigenvalue weighted by Crippen LogP contribution is -2.47. The molecule has 112 valence electrons. The number of carbonyl (C=O) groups is 1. The van der Waals surface area contributed by atoms with Gasteiger partial charge in [-0.15, -0.1) is 0 Å².